The van der Waals surface area contributed by atoms with Gasteiger partial charge in [0, 0.05) is 5.54 Å². The molecule has 0 saturated heterocycles. The molecule has 5 N–H and O–H groups in total. The highest BCUT2D eigenvalue weighted by Crippen LogP contribution is 2.32. The summed E-state index contributed by atoms with van der Waals surface area (Å²) in [5, 5.41) is 8.44. The van der Waals surface area contributed by atoms with Crippen LogP contribution in [0.15, 0.2) is 23.1 Å². The average molecular weight is 299 g/mol. The van der Waals surface area contributed by atoms with Crippen LogP contribution >= 0.6 is 0 Å². The predicted octanol–water partition coefficient (Wildman–Crippen LogP) is 2.54. The normalized spacial score (nSPS) is 13.3. The first kappa shape index (κ1) is 16.8. The quantitative estimate of drug-likeness (QED) is 0.744. The lowest BCUT2D eigenvalue weighted by Crippen LogP contribution is -2.35. The highest BCUT2D eigenvalue weighted by atomic mass is 32.2. The Morgan fingerprint density at radius 2 is 1.70 bits per heavy atom. The van der Waals surface area contributed by atoms with Crippen LogP contribution in [0, 0.1) is 5.41 Å². The molecule has 0 spiro atoms. The molecule has 0 heterocycles. The molecule has 1 aromatic rings. The van der Waals surface area contributed by atoms with E-state index in [-0.39, 0.29) is 15.8 Å². The fourth-order valence-electron chi connectivity index (χ4n) is 2.57. The Kier molecular flexibility index (Phi) is 4.41. The van der Waals surface area contributed by atoms with Crippen LogP contribution in [0.5, 0.6) is 0 Å². The van der Waals surface area contributed by atoms with E-state index in [1.54, 1.807) is 6.07 Å². The van der Waals surface area contributed by atoms with Gasteiger partial charge in [0.15, 0.2) is 0 Å². The number of nitrogens with one attached hydrogen (secondary N) is 1. The predicted molar refractivity (Wildman–Crippen MR) is 84.0 cm³/mol. The second-order valence-electron chi connectivity index (χ2n) is 7.04. The van der Waals surface area contributed by atoms with Gasteiger partial charge in [0.05, 0.1) is 16.3 Å². The van der Waals surface area contributed by atoms with Crippen LogP contribution in [0.1, 0.15) is 41.0 Å². The first-order chi connectivity index (χ1) is 8.80. The highest BCUT2D eigenvalue weighted by Gasteiger charge is 2.26. The zero-order chi connectivity index (χ0) is 15.8. The summed E-state index contributed by atoms with van der Waals surface area (Å²) in [7, 11) is -3.72. The van der Waals surface area contributed by atoms with Crippen LogP contribution in [0.3, 0.4) is 0 Å². The van der Waals surface area contributed by atoms with Gasteiger partial charge in [0.25, 0.3) is 0 Å². The summed E-state index contributed by atoms with van der Waals surface area (Å²) in [4.78, 5) is 0.0224. The number of primary sulfonamides is 1. The van der Waals surface area contributed by atoms with Crippen LogP contribution in [0.4, 0.5) is 11.4 Å². The van der Waals surface area contributed by atoms with Crippen molar-refractivity contribution in [3.63, 3.8) is 0 Å². The molecule has 0 bridgehead atoms. The molecule has 6 heteroatoms. The third-order valence-corrected chi connectivity index (χ3v) is 3.71. The smallest absolute Gasteiger partial charge is 0.238 e. The number of hydrogen-bond acceptors (Lipinski definition) is 4. The van der Waals surface area contributed by atoms with Crippen molar-refractivity contribution in [3.8, 4) is 0 Å². The van der Waals surface area contributed by atoms with Gasteiger partial charge in [0.1, 0.15) is 0 Å². The van der Waals surface area contributed by atoms with Gasteiger partial charge in [-0.1, -0.05) is 20.8 Å². The maximum Gasteiger partial charge on any atom is 0.238 e. The lowest BCUT2D eigenvalue weighted by molar-refractivity contribution is 0.302. The Labute approximate surface area is 121 Å². The summed E-state index contributed by atoms with van der Waals surface area (Å²) in [6, 6.07) is 4.49. The van der Waals surface area contributed by atoms with Crippen LogP contribution in [0.25, 0.3) is 0 Å². The molecule has 1 aromatic carbocycles. The Balaban J connectivity index is 3.00. The molecule has 1 rings (SSSR count). The Hall–Kier alpha value is -1.27. The molecule has 0 amide bonds. The Bertz CT molecular complexity index is 587. The molecular formula is C14H25N3O2S. The highest BCUT2D eigenvalue weighted by molar-refractivity contribution is 7.89. The van der Waals surface area contributed by atoms with E-state index >= 15 is 0 Å². The standard InChI is InChI=1S/C14H25N3O2S/c1-13(2,3)9-14(4,5)17-12-7-6-10(8-11(12)15)20(16,18)19/h6-8,17H,9,15H2,1-5H3,(H2,16,18,19). The molecule has 5 nitrogen and oxygen atoms in total. The number of nitrogen functional groups attached to an aromatic ring is 1. The summed E-state index contributed by atoms with van der Waals surface area (Å²) >= 11 is 0. The van der Waals surface area contributed by atoms with Crippen molar-refractivity contribution in [2.45, 2.75) is 51.5 Å². The van der Waals surface area contributed by atoms with E-state index in [9.17, 15) is 8.42 Å². The summed E-state index contributed by atoms with van der Waals surface area (Å²) in [6.07, 6.45) is 0.941. The molecule has 0 aliphatic carbocycles. The van der Waals surface area contributed by atoms with Crippen LogP contribution in [-0.2, 0) is 10.0 Å². The molecule has 0 fully saturated rings. The molecule has 0 aromatic heterocycles. The van der Waals surface area contributed by atoms with Gasteiger partial charge in [-0.15, -0.1) is 0 Å². The van der Waals surface area contributed by atoms with Crippen molar-refractivity contribution < 1.29 is 8.42 Å². The van der Waals surface area contributed by atoms with Gasteiger partial charge in [-0.2, -0.15) is 0 Å². The lowest BCUT2D eigenvalue weighted by atomic mass is 9.81. The summed E-state index contributed by atoms with van der Waals surface area (Å²) < 4.78 is 22.5. The largest absolute Gasteiger partial charge is 0.397 e. The molecule has 114 valence electrons. The molecule has 0 aliphatic heterocycles. The molecule has 0 radical (unpaired) electrons. The van der Waals surface area contributed by atoms with Gasteiger partial charge in [0.2, 0.25) is 10.0 Å². The number of rotatable bonds is 4. The summed E-state index contributed by atoms with van der Waals surface area (Å²) in [5.41, 5.74) is 7.01. The number of sulfonamides is 1. The van der Waals surface area contributed by atoms with Crippen molar-refractivity contribution in [1.82, 2.24) is 0 Å². The molecule has 20 heavy (non-hydrogen) atoms. The van der Waals surface area contributed by atoms with E-state index in [1.165, 1.54) is 12.1 Å². The van der Waals surface area contributed by atoms with Gasteiger partial charge >= 0.3 is 0 Å². The van der Waals surface area contributed by atoms with Gasteiger partial charge < -0.3 is 11.1 Å². The molecule has 0 saturated carbocycles. The van der Waals surface area contributed by atoms with E-state index in [0.717, 1.165) is 6.42 Å². The van der Waals surface area contributed by atoms with E-state index in [2.05, 4.69) is 39.9 Å². The van der Waals surface area contributed by atoms with Crippen molar-refractivity contribution in [2.24, 2.45) is 10.6 Å². The summed E-state index contributed by atoms with van der Waals surface area (Å²) in [6.45, 7) is 10.7. The van der Waals surface area contributed by atoms with Gasteiger partial charge in [-0.3, -0.25) is 0 Å². The second kappa shape index (κ2) is 5.26. The van der Waals surface area contributed by atoms with E-state index < -0.39 is 10.0 Å². The zero-order valence-electron chi connectivity index (χ0n) is 12.8. The zero-order valence-corrected chi connectivity index (χ0v) is 13.6. The maximum atomic E-state index is 11.3. The molecule has 0 aliphatic rings. The SMILES string of the molecule is CC(C)(C)CC(C)(C)Nc1ccc(S(N)(=O)=O)cc1N. The van der Waals surface area contributed by atoms with Gasteiger partial charge in [-0.25, -0.2) is 13.6 Å². The fraction of sp³-hybridized carbons (Fsp3) is 0.571. The number of benzene rings is 1. The van der Waals surface area contributed by atoms with Crippen LogP contribution < -0.4 is 16.2 Å². The van der Waals surface area contributed by atoms with Crippen molar-refractivity contribution in [3.05, 3.63) is 18.2 Å². The Morgan fingerprint density at radius 1 is 1.15 bits per heavy atom. The van der Waals surface area contributed by atoms with Crippen molar-refractivity contribution >= 4 is 21.4 Å². The average Bonchev–Trinajstić information content (AvgIpc) is 2.15. The molecule has 0 unspecified atom stereocenters. The Morgan fingerprint density at radius 3 is 2.10 bits per heavy atom. The lowest BCUT2D eigenvalue weighted by Gasteiger charge is -2.34. The topological polar surface area (TPSA) is 98.2 Å². The molecule has 0 atom stereocenters. The number of anilines is 2. The minimum Gasteiger partial charge on any atom is -0.397 e. The van der Waals surface area contributed by atoms with E-state index in [1.807, 2.05) is 0 Å². The number of hydrogen-bond donors (Lipinski definition) is 3. The minimum atomic E-state index is -3.72. The van der Waals surface area contributed by atoms with Crippen LogP contribution in [-0.4, -0.2) is 14.0 Å². The van der Waals surface area contributed by atoms with Crippen molar-refractivity contribution in [1.29, 1.82) is 0 Å². The third kappa shape index (κ3) is 5.02. The summed E-state index contributed by atoms with van der Waals surface area (Å²) in [5.74, 6) is 0. The van der Waals surface area contributed by atoms with E-state index in [4.69, 9.17) is 10.9 Å². The van der Waals surface area contributed by atoms with Crippen molar-refractivity contribution in [2.75, 3.05) is 11.1 Å². The minimum absolute atomic E-state index is 0.0224. The second-order valence-corrected chi connectivity index (χ2v) is 8.60. The number of nitrogens with two attached hydrogens (primary N) is 2. The fourth-order valence-corrected chi connectivity index (χ4v) is 3.12. The van der Waals surface area contributed by atoms with E-state index in [0.29, 0.717) is 11.4 Å². The van der Waals surface area contributed by atoms with Gasteiger partial charge in [-0.05, 0) is 43.9 Å². The van der Waals surface area contributed by atoms with Crippen LogP contribution in [0.2, 0.25) is 0 Å². The maximum absolute atomic E-state index is 11.3. The third-order valence-electron chi connectivity index (χ3n) is 2.80. The first-order valence-electron chi connectivity index (χ1n) is 6.51. The first-order valence-corrected chi connectivity index (χ1v) is 8.05. The molecular weight excluding hydrogens is 274 g/mol. The monoisotopic (exact) mass is 299 g/mol.